The van der Waals surface area contributed by atoms with Crippen LogP contribution in [0.5, 0.6) is 5.75 Å². The Morgan fingerprint density at radius 2 is 2.14 bits per heavy atom. The summed E-state index contributed by atoms with van der Waals surface area (Å²) in [5, 5.41) is 5.70. The van der Waals surface area contributed by atoms with E-state index in [2.05, 4.69) is 10.6 Å². The van der Waals surface area contributed by atoms with Crippen molar-refractivity contribution in [3.8, 4) is 5.75 Å². The molecule has 0 fully saturated rings. The lowest BCUT2D eigenvalue weighted by Gasteiger charge is -2.26. The van der Waals surface area contributed by atoms with Crippen molar-refractivity contribution in [3.05, 3.63) is 53.5 Å². The zero-order valence-corrected chi connectivity index (χ0v) is 11.9. The van der Waals surface area contributed by atoms with Crippen LogP contribution in [0.3, 0.4) is 0 Å². The molecule has 0 bridgehead atoms. The van der Waals surface area contributed by atoms with Crippen molar-refractivity contribution < 1.29 is 13.9 Å². The second-order valence-corrected chi connectivity index (χ2v) is 5.16. The highest BCUT2D eigenvalue weighted by Crippen LogP contribution is 2.23. The zero-order chi connectivity index (χ0) is 14.7. The number of aryl methyl sites for hydroxylation is 1. The fourth-order valence-corrected chi connectivity index (χ4v) is 2.40. The predicted molar refractivity (Wildman–Crippen MR) is 78.2 cm³/mol. The smallest absolute Gasteiger partial charge is 0.315 e. The molecule has 1 aromatic carbocycles. The monoisotopic (exact) mass is 286 g/mol. The Labute approximate surface area is 123 Å². The van der Waals surface area contributed by atoms with Crippen LogP contribution >= 0.6 is 0 Å². The van der Waals surface area contributed by atoms with Gasteiger partial charge in [-0.05, 0) is 37.1 Å². The first-order valence-electron chi connectivity index (χ1n) is 7.01. The number of furan rings is 1. The first-order chi connectivity index (χ1) is 10.2. The van der Waals surface area contributed by atoms with Gasteiger partial charge in [-0.2, -0.15) is 0 Å². The van der Waals surface area contributed by atoms with Gasteiger partial charge in [-0.25, -0.2) is 4.79 Å². The van der Waals surface area contributed by atoms with Gasteiger partial charge in [0.05, 0.1) is 12.6 Å². The summed E-state index contributed by atoms with van der Waals surface area (Å²) in [5.74, 6) is 2.49. The average Bonchev–Trinajstić information content (AvgIpc) is 2.91. The van der Waals surface area contributed by atoms with E-state index in [4.69, 9.17) is 9.15 Å². The third-order valence-electron chi connectivity index (χ3n) is 3.43. The number of carbonyl (C=O) groups is 1. The third-order valence-corrected chi connectivity index (χ3v) is 3.43. The second-order valence-electron chi connectivity index (χ2n) is 5.16. The Kier molecular flexibility index (Phi) is 3.81. The van der Waals surface area contributed by atoms with E-state index in [1.807, 2.05) is 43.3 Å². The molecule has 0 radical (unpaired) electrons. The van der Waals surface area contributed by atoms with Gasteiger partial charge in [0.1, 0.15) is 23.9 Å². The number of hydrogen-bond acceptors (Lipinski definition) is 3. The Morgan fingerprint density at radius 3 is 2.95 bits per heavy atom. The lowest BCUT2D eigenvalue weighted by Crippen LogP contribution is -2.47. The molecule has 2 amide bonds. The van der Waals surface area contributed by atoms with Crippen LogP contribution in [-0.2, 0) is 13.0 Å². The summed E-state index contributed by atoms with van der Waals surface area (Å²) in [6, 6.07) is 11.4. The van der Waals surface area contributed by atoms with Gasteiger partial charge in [0, 0.05) is 0 Å². The summed E-state index contributed by atoms with van der Waals surface area (Å²) in [5.41, 5.74) is 1.12. The van der Waals surface area contributed by atoms with Crippen molar-refractivity contribution in [1.29, 1.82) is 0 Å². The molecule has 1 atom stereocenters. The molecule has 5 nitrogen and oxygen atoms in total. The maximum absolute atomic E-state index is 11.9. The molecule has 5 heteroatoms. The van der Waals surface area contributed by atoms with Crippen molar-refractivity contribution >= 4 is 6.03 Å². The summed E-state index contributed by atoms with van der Waals surface area (Å²) in [6.07, 6.45) is 0.781. The van der Waals surface area contributed by atoms with E-state index in [0.717, 1.165) is 29.3 Å². The molecular weight excluding hydrogens is 268 g/mol. The number of benzene rings is 1. The molecule has 2 aromatic rings. The maximum Gasteiger partial charge on any atom is 0.315 e. The second kappa shape index (κ2) is 5.91. The molecule has 0 saturated carbocycles. The Bertz CT molecular complexity index is 636. The van der Waals surface area contributed by atoms with Gasteiger partial charge in [-0.1, -0.05) is 18.2 Å². The molecule has 0 unspecified atom stereocenters. The molecule has 21 heavy (non-hydrogen) atoms. The van der Waals surface area contributed by atoms with E-state index >= 15 is 0 Å². The quantitative estimate of drug-likeness (QED) is 0.910. The molecule has 1 aliphatic rings. The van der Waals surface area contributed by atoms with Gasteiger partial charge in [-0.15, -0.1) is 0 Å². The van der Waals surface area contributed by atoms with E-state index in [1.165, 1.54) is 0 Å². The SMILES string of the molecule is Cc1ccc(CNC(=O)N[C@H]2COc3ccccc3C2)o1. The van der Waals surface area contributed by atoms with Gasteiger partial charge in [0.25, 0.3) is 0 Å². The number of nitrogens with one attached hydrogen (secondary N) is 2. The molecule has 0 aliphatic carbocycles. The Balaban J connectivity index is 1.50. The number of rotatable bonds is 3. The molecule has 0 spiro atoms. The van der Waals surface area contributed by atoms with Gasteiger partial charge < -0.3 is 19.8 Å². The van der Waals surface area contributed by atoms with Crippen molar-refractivity contribution in [2.45, 2.75) is 25.9 Å². The molecule has 110 valence electrons. The standard InChI is InChI=1S/C16H18N2O3/c1-11-6-7-14(21-11)9-17-16(19)18-13-8-12-4-2-3-5-15(12)20-10-13/h2-7,13H,8-10H2,1H3,(H2,17,18,19)/t13-/m1/s1. The molecule has 3 rings (SSSR count). The predicted octanol–water partition coefficient (Wildman–Crippen LogP) is 2.39. The van der Waals surface area contributed by atoms with Crippen LogP contribution in [0.25, 0.3) is 0 Å². The number of amides is 2. The summed E-state index contributed by atoms with van der Waals surface area (Å²) in [4.78, 5) is 11.9. The van der Waals surface area contributed by atoms with Crippen LogP contribution in [0, 0.1) is 6.92 Å². The summed E-state index contributed by atoms with van der Waals surface area (Å²) in [6.45, 7) is 2.74. The van der Waals surface area contributed by atoms with E-state index in [-0.39, 0.29) is 12.1 Å². The van der Waals surface area contributed by atoms with Crippen molar-refractivity contribution in [2.75, 3.05) is 6.61 Å². The summed E-state index contributed by atoms with van der Waals surface area (Å²) in [7, 11) is 0. The maximum atomic E-state index is 11.9. The molecule has 0 saturated heterocycles. The van der Waals surface area contributed by atoms with Gasteiger partial charge in [0.15, 0.2) is 0 Å². The number of urea groups is 1. The third kappa shape index (κ3) is 3.37. The van der Waals surface area contributed by atoms with Gasteiger partial charge in [-0.3, -0.25) is 0 Å². The van der Waals surface area contributed by atoms with Crippen molar-refractivity contribution in [2.24, 2.45) is 0 Å². The van der Waals surface area contributed by atoms with Crippen LogP contribution in [0.2, 0.25) is 0 Å². The fourth-order valence-electron chi connectivity index (χ4n) is 2.40. The average molecular weight is 286 g/mol. The number of hydrogen-bond donors (Lipinski definition) is 2. The molecule has 2 N–H and O–H groups in total. The van der Waals surface area contributed by atoms with E-state index in [9.17, 15) is 4.79 Å². The number of fused-ring (bicyclic) bond motifs is 1. The van der Waals surface area contributed by atoms with Crippen molar-refractivity contribution in [3.63, 3.8) is 0 Å². The zero-order valence-electron chi connectivity index (χ0n) is 11.9. The van der Waals surface area contributed by atoms with Crippen LogP contribution in [0.1, 0.15) is 17.1 Å². The topological polar surface area (TPSA) is 63.5 Å². The lowest BCUT2D eigenvalue weighted by molar-refractivity contribution is 0.213. The van der Waals surface area contributed by atoms with Crippen LogP contribution in [-0.4, -0.2) is 18.7 Å². The highest BCUT2D eigenvalue weighted by molar-refractivity contribution is 5.74. The van der Waals surface area contributed by atoms with Gasteiger partial charge in [0.2, 0.25) is 0 Å². The minimum atomic E-state index is -0.211. The number of para-hydroxylation sites is 1. The van der Waals surface area contributed by atoms with Crippen LogP contribution < -0.4 is 15.4 Å². The highest BCUT2D eigenvalue weighted by atomic mass is 16.5. The van der Waals surface area contributed by atoms with Crippen LogP contribution in [0.4, 0.5) is 4.79 Å². The van der Waals surface area contributed by atoms with Gasteiger partial charge >= 0.3 is 6.03 Å². The minimum absolute atomic E-state index is 0.0155. The largest absolute Gasteiger partial charge is 0.491 e. The first-order valence-corrected chi connectivity index (χ1v) is 7.01. The van der Waals surface area contributed by atoms with Crippen LogP contribution in [0.15, 0.2) is 40.8 Å². The molecule has 2 heterocycles. The summed E-state index contributed by atoms with van der Waals surface area (Å²) >= 11 is 0. The molecular formula is C16H18N2O3. The Hall–Kier alpha value is -2.43. The highest BCUT2D eigenvalue weighted by Gasteiger charge is 2.20. The van der Waals surface area contributed by atoms with E-state index < -0.39 is 0 Å². The summed E-state index contributed by atoms with van der Waals surface area (Å²) < 4.78 is 11.0. The number of carbonyl (C=O) groups excluding carboxylic acids is 1. The van der Waals surface area contributed by atoms with E-state index in [1.54, 1.807) is 0 Å². The molecule has 1 aliphatic heterocycles. The van der Waals surface area contributed by atoms with E-state index in [0.29, 0.717) is 13.2 Å². The minimum Gasteiger partial charge on any atom is -0.491 e. The number of ether oxygens (including phenoxy) is 1. The normalized spacial score (nSPS) is 16.7. The Morgan fingerprint density at radius 1 is 1.29 bits per heavy atom. The molecule has 1 aromatic heterocycles. The first kappa shape index (κ1) is 13.5. The van der Waals surface area contributed by atoms with Crippen molar-refractivity contribution in [1.82, 2.24) is 10.6 Å². The lowest BCUT2D eigenvalue weighted by atomic mass is 10.0. The fraction of sp³-hybridized carbons (Fsp3) is 0.312.